The fourth-order valence-electron chi connectivity index (χ4n) is 2.33. The van der Waals surface area contributed by atoms with E-state index in [1.807, 2.05) is 31.2 Å². The molecule has 106 valence electrons. The molecule has 1 aromatic carbocycles. The van der Waals surface area contributed by atoms with E-state index in [1.165, 1.54) is 35.5 Å². The molecular formula is C15H13N3OS2. The van der Waals surface area contributed by atoms with Crippen LogP contribution in [0.5, 0.6) is 0 Å². The summed E-state index contributed by atoms with van der Waals surface area (Å²) in [4.78, 5) is 13.2. The molecule has 4 rings (SSSR count). The van der Waals surface area contributed by atoms with Gasteiger partial charge in [0, 0.05) is 10.6 Å². The van der Waals surface area contributed by atoms with Gasteiger partial charge in [0.05, 0.1) is 4.88 Å². The topological polar surface area (TPSA) is 54.9 Å². The molecule has 2 aromatic heterocycles. The first kappa shape index (κ1) is 12.9. The van der Waals surface area contributed by atoms with Crippen molar-refractivity contribution in [1.29, 1.82) is 0 Å². The normalized spacial score (nSPS) is 14.5. The molecule has 21 heavy (non-hydrogen) atoms. The number of hydrogen-bond donors (Lipinski definition) is 1. The highest BCUT2D eigenvalue weighted by molar-refractivity contribution is 7.21. The van der Waals surface area contributed by atoms with Crippen LogP contribution in [0.1, 0.15) is 39.0 Å². The summed E-state index contributed by atoms with van der Waals surface area (Å²) < 4.78 is 1.14. The highest BCUT2D eigenvalue weighted by atomic mass is 32.1. The lowest BCUT2D eigenvalue weighted by molar-refractivity contribution is 0.103. The van der Waals surface area contributed by atoms with Gasteiger partial charge in [-0.2, -0.15) is 0 Å². The van der Waals surface area contributed by atoms with Gasteiger partial charge in [-0.25, -0.2) is 0 Å². The summed E-state index contributed by atoms with van der Waals surface area (Å²) in [6.45, 7) is 1.99. The molecule has 1 saturated carbocycles. The molecular weight excluding hydrogens is 302 g/mol. The Kier molecular flexibility index (Phi) is 3.01. The molecule has 0 saturated heterocycles. The first-order valence-electron chi connectivity index (χ1n) is 6.85. The zero-order valence-electron chi connectivity index (χ0n) is 11.4. The van der Waals surface area contributed by atoms with Gasteiger partial charge < -0.3 is 0 Å². The highest BCUT2D eigenvalue weighted by Crippen LogP contribution is 2.42. The third-order valence-electron chi connectivity index (χ3n) is 3.64. The second kappa shape index (κ2) is 4.89. The summed E-state index contributed by atoms with van der Waals surface area (Å²) in [6, 6.07) is 8.08. The van der Waals surface area contributed by atoms with E-state index < -0.39 is 0 Å². The molecule has 1 aliphatic carbocycles. The molecule has 1 aliphatic rings. The molecule has 0 radical (unpaired) electrons. The molecule has 0 aliphatic heterocycles. The van der Waals surface area contributed by atoms with Crippen LogP contribution in [0.3, 0.4) is 0 Å². The molecule has 0 spiro atoms. The van der Waals surface area contributed by atoms with Crippen molar-refractivity contribution in [1.82, 2.24) is 10.2 Å². The number of nitrogens with zero attached hydrogens (tertiary/aromatic N) is 2. The fraction of sp³-hybridized carbons (Fsp3) is 0.267. The van der Waals surface area contributed by atoms with Crippen molar-refractivity contribution < 1.29 is 4.79 Å². The number of aryl methyl sites for hydroxylation is 1. The molecule has 0 unspecified atom stereocenters. The van der Waals surface area contributed by atoms with Crippen molar-refractivity contribution in [2.24, 2.45) is 0 Å². The number of hydrogen-bond acceptors (Lipinski definition) is 5. The van der Waals surface area contributed by atoms with Crippen LogP contribution >= 0.6 is 22.7 Å². The molecule has 0 atom stereocenters. The van der Waals surface area contributed by atoms with E-state index in [1.54, 1.807) is 0 Å². The first-order valence-corrected chi connectivity index (χ1v) is 8.48. The number of benzene rings is 1. The minimum absolute atomic E-state index is 0.0906. The Morgan fingerprint density at radius 1 is 1.24 bits per heavy atom. The summed E-state index contributed by atoms with van der Waals surface area (Å²) in [5.41, 5.74) is 1.03. The van der Waals surface area contributed by atoms with Crippen LogP contribution in [0.25, 0.3) is 10.1 Å². The largest absolute Gasteiger partial charge is 0.296 e. The van der Waals surface area contributed by atoms with Crippen molar-refractivity contribution in [3.8, 4) is 0 Å². The number of thiophene rings is 1. The lowest BCUT2D eigenvalue weighted by atomic mass is 10.1. The minimum Gasteiger partial charge on any atom is -0.296 e. The predicted molar refractivity (Wildman–Crippen MR) is 86.4 cm³/mol. The Labute approximate surface area is 129 Å². The Morgan fingerprint density at radius 3 is 2.81 bits per heavy atom. The lowest BCUT2D eigenvalue weighted by Crippen LogP contribution is -2.11. The van der Waals surface area contributed by atoms with Crippen LogP contribution in [0.2, 0.25) is 0 Å². The maximum absolute atomic E-state index is 12.4. The molecule has 1 fully saturated rings. The standard InChI is InChI=1S/C15H13N3OS2/c1-8-10-4-2-3-5-11(10)20-12(8)13(19)16-15-18-17-14(21-15)9-6-7-9/h2-5,9H,6-7H2,1H3,(H,16,18,19). The average molecular weight is 315 g/mol. The maximum Gasteiger partial charge on any atom is 0.267 e. The summed E-state index contributed by atoms with van der Waals surface area (Å²) in [5.74, 6) is 0.478. The van der Waals surface area contributed by atoms with Crippen molar-refractivity contribution in [2.45, 2.75) is 25.7 Å². The van der Waals surface area contributed by atoms with Crippen LogP contribution in [0, 0.1) is 6.92 Å². The van der Waals surface area contributed by atoms with E-state index in [4.69, 9.17) is 0 Å². The maximum atomic E-state index is 12.4. The summed E-state index contributed by atoms with van der Waals surface area (Å²) in [5, 5.41) is 13.9. The number of amides is 1. The molecule has 1 N–H and O–H groups in total. The van der Waals surface area contributed by atoms with Crippen LogP contribution in [0.15, 0.2) is 24.3 Å². The van der Waals surface area contributed by atoms with Gasteiger partial charge in [0.25, 0.3) is 5.91 Å². The van der Waals surface area contributed by atoms with Gasteiger partial charge in [-0.05, 0) is 36.8 Å². The fourth-order valence-corrected chi connectivity index (χ4v) is 4.34. The van der Waals surface area contributed by atoms with Gasteiger partial charge in [-0.1, -0.05) is 29.5 Å². The lowest BCUT2D eigenvalue weighted by Gasteiger charge is -1.99. The Hall–Kier alpha value is -1.79. The molecule has 6 heteroatoms. The number of anilines is 1. The second-order valence-corrected chi connectivity index (χ2v) is 7.29. The average Bonchev–Trinajstić information content (AvgIpc) is 3.15. The van der Waals surface area contributed by atoms with E-state index in [2.05, 4.69) is 15.5 Å². The molecule has 3 aromatic rings. The van der Waals surface area contributed by atoms with E-state index in [0.29, 0.717) is 11.0 Å². The monoisotopic (exact) mass is 315 g/mol. The molecule has 0 bridgehead atoms. The van der Waals surface area contributed by atoms with E-state index in [-0.39, 0.29) is 5.91 Å². The number of rotatable bonds is 3. The van der Waals surface area contributed by atoms with Crippen LogP contribution in [-0.2, 0) is 0 Å². The van der Waals surface area contributed by atoms with Crippen molar-refractivity contribution in [3.63, 3.8) is 0 Å². The molecule has 4 nitrogen and oxygen atoms in total. The van der Waals surface area contributed by atoms with E-state index in [9.17, 15) is 4.79 Å². The predicted octanol–water partition coefficient (Wildman–Crippen LogP) is 4.19. The van der Waals surface area contributed by atoms with Gasteiger partial charge in [0.2, 0.25) is 5.13 Å². The minimum atomic E-state index is -0.0906. The second-order valence-electron chi connectivity index (χ2n) is 5.23. The van der Waals surface area contributed by atoms with Crippen molar-refractivity contribution in [3.05, 3.63) is 39.7 Å². The van der Waals surface area contributed by atoms with Gasteiger partial charge in [-0.3, -0.25) is 10.1 Å². The molecule has 2 heterocycles. The van der Waals surface area contributed by atoms with E-state index in [0.717, 1.165) is 25.5 Å². The quantitative estimate of drug-likeness (QED) is 0.788. The number of carbonyl (C=O) groups is 1. The van der Waals surface area contributed by atoms with Gasteiger partial charge in [0.1, 0.15) is 5.01 Å². The highest BCUT2D eigenvalue weighted by Gasteiger charge is 2.28. The zero-order valence-corrected chi connectivity index (χ0v) is 13.1. The third kappa shape index (κ3) is 2.34. The number of fused-ring (bicyclic) bond motifs is 1. The van der Waals surface area contributed by atoms with Crippen molar-refractivity contribution in [2.75, 3.05) is 5.32 Å². The number of carbonyl (C=O) groups excluding carboxylic acids is 1. The Balaban J connectivity index is 1.61. The van der Waals surface area contributed by atoms with Crippen molar-refractivity contribution >= 4 is 43.8 Å². The molecule has 1 amide bonds. The number of nitrogens with one attached hydrogen (secondary N) is 1. The summed E-state index contributed by atoms with van der Waals surface area (Å²) in [7, 11) is 0. The van der Waals surface area contributed by atoms with Crippen LogP contribution in [-0.4, -0.2) is 16.1 Å². The van der Waals surface area contributed by atoms with Gasteiger partial charge in [-0.15, -0.1) is 21.5 Å². The van der Waals surface area contributed by atoms with Crippen LogP contribution < -0.4 is 5.32 Å². The summed E-state index contributed by atoms with van der Waals surface area (Å²) >= 11 is 3.01. The van der Waals surface area contributed by atoms with Gasteiger partial charge in [0.15, 0.2) is 0 Å². The Morgan fingerprint density at radius 2 is 2.05 bits per heavy atom. The summed E-state index contributed by atoms with van der Waals surface area (Å²) in [6.07, 6.45) is 2.38. The van der Waals surface area contributed by atoms with Crippen LogP contribution in [0.4, 0.5) is 5.13 Å². The van der Waals surface area contributed by atoms with Gasteiger partial charge >= 0.3 is 0 Å². The first-order chi connectivity index (χ1) is 10.2. The van der Waals surface area contributed by atoms with E-state index >= 15 is 0 Å². The third-order valence-corrected chi connectivity index (χ3v) is 5.91. The Bertz CT molecular complexity index is 832. The SMILES string of the molecule is Cc1c(C(=O)Nc2nnc(C3CC3)s2)sc2ccccc12. The zero-order chi connectivity index (χ0) is 14.4. The number of aromatic nitrogens is 2. The smallest absolute Gasteiger partial charge is 0.267 e.